The number of nitrogens with zero attached hydrogens (tertiary/aromatic N) is 1. The summed E-state index contributed by atoms with van der Waals surface area (Å²) in [7, 11) is 0. The first kappa shape index (κ1) is 8.19. The van der Waals surface area contributed by atoms with Gasteiger partial charge in [-0.05, 0) is 36.0 Å². The Hall–Kier alpha value is -1.42. The molecule has 0 bridgehead atoms. The van der Waals surface area contributed by atoms with Gasteiger partial charge in [0.25, 0.3) is 0 Å². The van der Waals surface area contributed by atoms with E-state index in [-0.39, 0.29) is 0 Å². The number of hydrogen-bond donors (Lipinski definition) is 1. The van der Waals surface area contributed by atoms with Crippen LogP contribution in [0.3, 0.4) is 0 Å². The van der Waals surface area contributed by atoms with Crippen LogP contribution in [0.2, 0.25) is 0 Å². The molecule has 0 spiro atoms. The molecule has 0 atom stereocenters. The van der Waals surface area contributed by atoms with Crippen molar-refractivity contribution in [1.82, 2.24) is 5.32 Å². The molecule has 0 saturated carbocycles. The minimum atomic E-state index is 0.539. The van der Waals surface area contributed by atoms with Crippen molar-refractivity contribution >= 4 is 29.6 Å². The van der Waals surface area contributed by atoms with Crippen molar-refractivity contribution in [3.63, 3.8) is 0 Å². The van der Waals surface area contributed by atoms with Crippen LogP contribution in [0.5, 0.6) is 0 Å². The Morgan fingerprint density at radius 3 is 3.15 bits per heavy atom. The molecule has 2 rings (SSSR count). The third-order valence-corrected chi connectivity index (χ3v) is 1.91. The lowest BCUT2D eigenvalue weighted by molar-refractivity contribution is 0.556. The fourth-order valence-corrected chi connectivity index (χ4v) is 1.18. The predicted molar refractivity (Wildman–Crippen MR) is 55.8 cm³/mol. The average molecular weight is 192 g/mol. The molecule has 13 heavy (non-hydrogen) atoms. The third-order valence-electron chi connectivity index (χ3n) is 1.66. The maximum Gasteiger partial charge on any atom is 0.192 e. The zero-order valence-corrected chi connectivity index (χ0v) is 7.67. The highest BCUT2D eigenvalue weighted by molar-refractivity contribution is 7.80. The molecule has 1 aliphatic rings. The molecule has 0 saturated heterocycles. The Labute approximate surface area is 81.2 Å². The monoisotopic (exact) mass is 192 g/mol. The van der Waals surface area contributed by atoms with Crippen LogP contribution in [0.4, 0.5) is 0 Å². The topological polar surface area (TPSA) is 37.5 Å². The number of furan rings is 1. The van der Waals surface area contributed by atoms with Crippen molar-refractivity contribution in [2.45, 2.75) is 0 Å². The number of nitrogens with one attached hydrogen (secondary N) is 1. The van der Waals surface area contributed by atoms with Crippen LogP contribution in [-0.4, -0.2) is 17.9 Å². The molecule has 2 heterocycles. The fraction of sp³-hybridized carbons (Fsp3) is 0.111. The van der Waals surface area contributed by atoms with Crippen molar-refractivity contribution in [2.75, 3.05) is 6.54 Å². The molecule has 1 aliphatic heterocycles. The molecule has 1 aromatic heterocycles. The quantitative estimate of drug-likeness (QED) is 0.687. The Balaban J connectivity index is 2.18. The van der Waals surface area contributed by atoms with Crippen molar-refractivity contribution in [2.24, 2.45) is 4.99 Å². The highest BCUT2D eigenvalue weighted by Crippen LogP contribution is 2.07. The largest absolute Gasteiger partial charge is 0.465 e. The Bertz CT molecular complexity index is 365. The van der Waals surface area contributed by atoms with Gasteiger partial charge in [-0.1, -0.05) is 0 Å². The molecular formula is C9H8N2OS. The predicted octanol–water partition coefficient (Wildman–Crippen LogP) is 1.62. The number of rotatable bonds is 1. The lowest BCUT2D eigenvalue weighted by Crippen LogP contribution is -2.26. The summed E-state index contributed by atoms with van der Waals surface area (Å²) in [6, 6.07) is 3.75. The van der Waals surface area contributed by atoms with Crippen LogP contribution < -0.4 is 5.32 Å². The summed E-state index contributed by atoms with van der Waals surface area (Å²) in [5, 5.41) is 3.51. The second kappa shape index (κ2) is 3.53. The average Bonchev–Trinajstić information content (AvgIpc) is 2.62. The first-order chi connectivity index (χ1) is 6.34. The van der Waals surface area contributed by atoms with Crippen LogP contribution in [0.15, 0.2) is 33.4 Å². The van der Waals surface area contributed by atoms with Gasteiger partial charge in [0, 0.05) is 12.8 Å². The van der Waals surface area contributed by atoms with Crippen molar-refractivity contribution in [1.29, 1.82) is 0 Å². The molecule has 4 heteroatoms. The minimum Gasteiger partial charge on any atom is -0.465 e. The van der Waals surface area contributed by atoms with Gasteiger partial charge in [-0.3, -0.25) is 0 Å². The van der Waals surface area contributed by atoms with E-state index in [0.717, 1.165) is 11.3 Å². The summed E-state index contributed by atoms with van der Waals surface area (Å²) in [6.45, 7) is 0.711. The first-order valence-electron chi connectivity index (χ1n) is 3.90. The summed E-state index contributed by atoms with van der Waals surface area (Å²) in [5.74, 6) is 0.830. The van der Waals surface area contributed by atoms with E-state index >= 15 is 0 Å². The van der Waals surface area contributed by atoms with Gasteiger partial charge in [-0.25, -0.2) is 4.99 Å². The van der Waals surface area contributed by atoms with E-state index in [1.54, 1.807) is 12.5 Å². The Morgan fingerprint density at radius 2 is 2.54 bits per heavy atom. The molecule has 66 valence electrons. The van der Waals surface area contributed by atoms with Gasteiger partial charge in [-0.15, -0.1) is 0 Å². The van der Waals surface area contributed by atoms with Crippen molar-refractivity contribution in [3.05, 3.63) is 29.7 Å². The molecule has 0 fully saturated rings. The molecular weight excluding hydrogens is 184 g/mol. The maximum atomic E-state index is 5.16. The Morgan fingerprint density at radius 1 is 1.62 bits per heavy atom. The molecule has 0 amide bonds. The minimum absolute atomic E-state index is 0.539. The second-order valence-electron chi connectivity index (χ2n) is 2.65. The molecule has 0 aromatic carbocycles. The van der Waals surface area contributed by atoms with Crippen LogP contribution in [0.1, 0.15) is 5.76 Å². The highest BCUT2D eigenvalue weighted by Gasteiger charge is 2.03. The molecule has 0 radical (unpaired) electrons. The van der Waals surface area contributed by atoms with Gasteiger partial charge in [-0.2, -0.15) is 0 Å². The van der Waals surface area contributed by atoms with E-state index in [1.165, 1.54) is 0 Å². The summed E-state index contributed by atoms with van der Waals surface area (Å²) in [6.07, 6.45) is 5.32. The normalized spacial score (nSPS) is 19.1. The van der Waals surface area contributed by atoms with Gasteiger partial charge in [0.05, 0.1) is 6.26 Å². The van der Waals surface area contributed by atoms with E-state index in [1.807, 2.05) is 18.2 Å². The third kappa shape index (κ3) is 2.03. The molecule has 0 unspecified atom stereocenters. The number of hydrogen-bond acceptors (Lipinski definition) is 2. The van der Waals surface area contributed by atoms with Crippen LogP contribution in [0.25, 0.3) is 6.08 Å². The zero-order valence-electron chi connectivity index (χ0n) is 6.86. The van der Waals surface area contributed by atoms with Gasteiger partial charge in [0.15, 0.2) is 5.11 Å². The van der Waals surface area contributed by atoms with Crippen molar-refractivity contribution < 1.29 is 4.42 Å². The zero-order chi connectivity index (χ0) is 9.10. The van der Waals surface area contributed by atoms with Gasteiger partial charge < -0.3 is 9.73 Å². The standard InChI is InChI=1S/C9H8N2OS/c13-9-10-5-7(6-11-9)4-8-2-1-3-12-8/h1-5H,6H2,(H,11,13). The second-order valence-corrected chi connectivity index (χ2v) is 3.04. The van der Waals surface area contributed by atoms with Crippen molar-refractivity contribution in [3.8, 4) is 0 Å². The Kier molecular flexibility index (Phi) is 2.23. The number of aliphatic imine (C=N–C) groups is 1. The van der Waals surface area contributed by atoms with Gasteiger partial charge in [0.2, 0.25) is 0 Å². The van der Waals surface area contributed by atoms with E-state index < -0.39 is 0 Å². The smallest absolute Gasteiger partial charge is 0.192 e. The summed E-state index contributed by atoms with van der Waals surface area (Å²) < 4.78 is 5.16. The summed E-state index contributed by atoms with van der Waals surface area (Å²) in [5.41, 5.74) is 1.06. The van der Waals surface area contributed by atoms with Crippen LogP contribution in [-0.2, 0) is 0 Å². The summed E-state index contributed by atoms with van der Waals surface area (Å²) in [4.78, 5) is 3.98. The first-order valence-corrected chi connectivity index (χ1v) is 4.31. The highest BCUT2D eigenvalue weighted by atomic mass is 32.1. The van der Waals surface area contributed by atoms with Crippen LogP contribution >= 0.6 is 12.2 Å². The van der Waals surface area contributed by atoms with Crippen LogP contribution in [0, 0.1) is 0 Å². The van der Waals surface area contributed by atoms with E-state index in [4.69, 9.17) is 16.6 Å². The molecule has 1 aromatic rings. The molecule has 3 nitrogen and oxygen atoms in total. The SMILES string of the molecule is S=C1N=CC(=Cc2ccco2)CN1. The van der Waals surface area contributed by atoms with E-state index in [0.29, 0.717) is 11.7 Å². The van der Waals surface area contributed by atoms with Gasteiger partial charge in [0.1, 0.15) is 5.76 Å². The molecule has 1 N–H and O–H groups in total. The molecule has 0 aliphatic carbocycles. The number of thiocarbonyl (C=S) groups is 1. The summed E-state index contributed by atoms with van der Waals surface area (Å²) >= 11 is 4.85. The fourth-order valence-electron chi connectivity index (χ4n) is 1.05. The van der Waals surface area contributed by atoms with E-state index in [9.17, 15) is 0 Å². The lowest BCUT2D eigenvalue weighted by atomic mass is 10.2. The van der Waals surface area contributed by atoms with E-state index in [2.05, 4.69) is 10.3 Å². The maximum absolute atomic E-state index is 5.16. The lowest BCUT2D eigenvalue weighted by Gasteiger charge is -2.09. The van der Waals surface area contributed by atoms with Gasteiger partial charge >= 0.3 is 0 Å².